The van der Waals surface area contributed by atoms with Gasteiger partial charge in [-0.05, 0) is 13.0 Å². The number of aromatic nitrogens is 1. The lowest BCUT2D eigenvalue weighted by molar-refractivity contribution is -0.907. The summed E-state index contributed by atoms with van der Waals surface area (Å²) in [7, 11) is 2.04. The molecule has 5 heteroatoms. The van der Waals surface area contributed by atoms with Crippen LogP contribution in [-0.2, 0) is 13.1 Å². The number of carbonyl (C=O) groups excluding carboxylic acids is 1. The fraction of sp³-hybridized carbons (Fsp3) is 0.200. The van der Waals surface area contributed by atoms with E-state index in [2.05, 4.69) is 17.1 Å². The van der Waals surface area contributed by atoms with E-state index in [1.165, 1.54) is 16.5 Å². The second-order valence-corrected chi connectivity index (χ2v) is 6.37. The summed E-state index contributed by atoms with van der Waals surface area (Å²) in [6, 6.07) is 14.8. The van der Waals surface area contributed by atoms with Crippen LogP contribution in [0.3, 0.4) is 0 Å². The molecule has 2 aromatic carbocycles. The number of quaternary nitrogens is 1. The van der Waals surface area contributed by atoms with E-state index in [1.54, 1.807) is 19.1 Å². The molecule has 1 atom stereocenters. The lowest BCUT2D eigenvalue weighted by atomic mass is 10.0. The molecule has 1 heterocycles. The summed E-state index contributed by atoms with van der Waals surface area (Å²) in [5.41, 5.74) is 2.79. The first-order valence-electron chi connectivity index (χ1n) is 8.18. The summed E-state index contributed by atoms with van der Waals surface area (Å²) in [4.78, 5) is 28.4. The number of benzene rings is 2. The number of aromatic amines is 1. The molecule has 0 saturated carbocycles. The predicted octanol–water partition coefficient (Wildman–Crippen LogP) is 0.415. The van der Waals surface area contributed by atoms with Crippen molar-refractivity contribution in [3.63, 3.8) is 0 Å². The number of H-pyrrole nitrogens is 1. The summed E-state index contributed by atoms with van der Waals surface area (Å²) in [6.07, 6.45) is 0. The average molecular weight is 336 g/mol. The van der Waals surface area contributed by atoms with Crippen LogP contribution >= 0.6 is 0 Å². The highest BCUT2D eigenvalue weighted by Crippen LogP contribution is 2.15. The molecule has 0 bridgehead atoms. The summed E-state index contributed by atoms with van der Waals surface area (Å²) >= 11 is 0. The normalized spacial score (nSPS) is 12.2. The second-order valence-electron chi connectivity index (χ2n) is 6.37. The molecule has 0 saturated heterocycles. The third-order valence-electron chi connectivity index (χ3n) is 4.40. The Morgan fingerprint density at radius 3 is 2.48 bits per heavy atom. The van der Waals surface area contributed by atoms with Gasteiger partial charge in [-0.2, -0.15) is 0 Å². The molecule has 3 aromatic rings. The van der Waals surface area contributed by atoms with Gasteiger partial charge < -0.3 is 19.8 Å². The number of para-hydroxylation sites is 1. The van der Waals surface area contributed by atoms with Crippen molar-refractivity contribution < 1.29 is 14.8 Å². The summed E-state index contributed by atoms with van der Waals surface area (Å²) < 4.78 is 0. The van der Waals surface area contributed by atoms with Gasteiger partial charge in [-0.15, -0.1) is 0 Å². The number of hydrogen-bond donors (Lipinski definition) is 2. The number of carboxylic acids is 1. The zero-order chi connectivity index (χ0) is 18.0. The first-order valence-corrected chi connectivity index (χ1v) is 8.18. The molecular weight excluding hydrogens is 316 g/mol. The Kier molecular flexibility index (Phi) is 4.67. The Bertz CT molecular complexity index is 977. The third-order valence-corrected chi connectivity index (χ3v) is 4.40. The van der Waals surface area contributed by atoms with Crippen molar-refractivity contribution in [1.82, 2.24) is 4.98 Å². The Balaban J connectivity index is 1.97. The molecule has 0 aliphatic carbocycles. The topological polar surface area (TPSA) is 77.4 Å². The SMILES string of the molecule is Cc1[nH]c2c(C(=O)[O-])cccc2c(=O)c1C[NH+](C)Cc1ccccc1. The van der Waals surface area contributed by atoms with E-state index in [0.717, 1.165) is 6.54 Å². The summed E-state index contributed by atoms with van der Waals surface area (Å²) in [6.45, 7) is 3.16. The van der Waals surface area contributed by atoms with Crippen LogP contribution in [0.2, 0.25) is 0 Å². The fourth-order valence-electron chi connectivity index (χ4n) is 3.16. The van der Waals surface area contributed by atoms with Gasteiger partial charge in [0.15, 0.2) is 5.43 Å². The van der Waals surface area contributed by atoms with Crippen LogP contribution in [0.25, 0.3) is 10.9 Å². The largest absolute Gasteiger partial charge is 0.545 e. The van der Waals surface area contributed by atoms with Crippen LogP contribution < -0.4 is 15.4 Å². The molecule has 0 aliphatic heterocycles. The minimum Gasteiger partial charge on any atom is -0.545 e. The Labute approximate surface area is 145 Å². The van der Waals surface area contributed by atoms with Crippen molar-refractivity contribution in [3.05, 3.63) is 81.1 Å². The van der Waals surface area contributed by atoms with Gasteiger partial charge in [0.05, 0.1) is 24.1 Å². The summed E-state index contributed by atoms with van der Waals surface area (Å²) in [5, 5.41) is 11.7. The molecule has 0 radical (unpaired) electrons. The second kappa shape index (κ2) is 6.91. The van der Waals surface area contributed by atoms with Gasteiger partial charge in [0.2, 0.25) is 0 Å². The van der Waals surface area contributed by atoms with E-state index in [9.17, 15) is 14.7 Å². The van der Waals surface area contributed by atoms with Crippen molar-refractivity contribution in [2.24, 2.45) is 0 Å². The van der Waals surface area contributed by atoms with E-state index in [4.69, 9.17) is 0 Å². The number of carboxylic acid groups (broad SMARTS) is 1. The molecule has 25 heavy (non-hydrogen) atoms. The maximum Gasteiger partial charge on any atom is 0.198 e. The van der Waals surface area contributed by atoms with Crippen LogP contribution in [0.1, 0.15) is 27.2 Å². The van der Waals surface area contributed by atoms with Crippen LogP contribution in [0.5, 0.6) is 0 Å². The molecule has 128 valence electrons. The molecule has 1 aromatic heterocycles. The van der Waals surface area contributed by atoms with E-state index < -0.39 is 5.97 Å². The Morgan fingerprint density at radius 1 is 1.08 bits per heavy atom. The lowest BCUT2D eigenvalue weighted by Crippen LogP contribution is -3.06. The van der Waals surface area contributed by atoms with E-state index in [0.29, 0.717) is 28.7 Å². The molecule has 0 fully saturated rings. The Hall–Kier alpha value is -2.92. The van der Waals surface area contributed by atoms with E-state index >= 15 is 0 Å². The number of fused-ring (bicyclic) bond motifs is 1. The van der Waals surface area contributed by atoms with Crippen LogP contribution in [0.15, 0.2) is 53.3 Å². The van der Waals surface area contributed by atoms with Gasteiger partial charge in [0, 0.05) is 22.2 Å². The minimum absolute atomic E-state index is 0.00855. The standard InChI is InChI=1S/C20H20N2O3/c1-13-17(12-22(2)11-14-7-4-3-5-8-14)19(23)15-9-6-10-16(20(24)25)18(15)21-13/h3-10H,11-12H2,1-2H3,(H,21,23)(H,24,25). The maximum atomic E-state index is 12.9. The number of hydrogen-bond acceptors (Lipinski definition) is 3. The predicted molar refractivity (Wildman–Crippen MR) is 94.4 cm³/mol. The van der Waals surface area contributed by atoms with Gasteiger partial charge in [-0.3, -0.25) is 4.79 Å². The first kappa shape index (κ1) is 16.9. The third kappa shape index (κ3) is 3.46. The van der Waals surface area contributed by atoms with Crippen molar-refractivity contribution in [1.29, 1.82) is 0 Å². The summed E-state index contributed by atoms with van der Waals surface area (Å²) in [5.74, 6) is -1.29. The molecule has 3 rings (SSSR count). The van der Waals surface area contributed by atoms with Crippen molar-refractivity contribution >= 4 is 16.9 Å². The number of aryl methyl sites for hydroxylation is 1. The van der Waals surface area contributed by atoms with Gasteiger partial charge >= 0.3 is 0 Å². The highest BCUT2D eigenvalue weighted by Gasteiger charge is 2.15. The number of carbonyl (C=O) groups is 1. The van der Waals surface area contributed by atoms with Gasteiger partial charge in [-0.1, -0.05) is 42.5 Å². The van der Waals surface area contributed by atoms with Crippen molar-refractivity contribution in [2.45, 2.75) is 20.0 Å². The number of aromatic carboxylic acids is 1. The Morgan fingerprint density at radius 2 is 1.80 bits per heavy atom. The highest BCUT2D eigenvalue weighted by molar-refractivity contribution is 6.00. The molecule has 1 unspecified atom stereocenters. The lowest BCUT2D eigenvalue weighted by Gasteiger charge is -2.16. The van der Waals surface area contributed by atoms with Gasteiger partial charge in [-0.25, -0.2) is 0 Å². The molecular formula is C20H20N2O3. The fourth-order valence-corrected chi connectivity index (χ4v) is 3.16. The quantitative estimate of drug-likeness (QED) is 0.709. The molecule has 2 N–H and O–H groups in total. The monoisotopic (exact) mass is 336 g/mol. The van der Waals surface area contributed by atoms with Crippen molar-refractivity contribution in [2.75, 3.05) is 7.05 Å². The maximum absolute atomic E-state index is 12.9. The zero-order valence-corrected chi connectivity index (χ0v) is 14.3. The number of nitrogens with one attached hydrogen (secondary N) is 2. The molecule has 0 amide bonds. The molecule has 0 aliphatic rings. The van der Waals surface area contributed by atoms with E-state index in [-0.39, 0.29) is 11.0 Å². The first-order chi connectivity index (χ1) is 12.0. The van der Waals surface area contributed by atoms with Gasteiger partial charge in [0.25, 0.3) is 0 Å². The zero-order valence-electron chi connectivity index (χ0n) is 14.3. The number of pyridine rings is 1. The van der Waals surface area contributed by atoms with Gasteiger partial charge in [0.1, 0.15) is 13.1 Å². The molecule has 5 nitrogen and oxygen atoms in total. The van der Waals surface area contributed by atoms with E-state index in [1.807, 2.05) is 25.2 Å². The number of rotatable bonds is 5. The molecule has 0 spiro atoms. The van der Waals surface area contributed by atoms with Crippen LogP contribution in [0.4, 0.5) is 0 Å². The van der Waals surface area contributed by atoms with Crippen LogP contribution in [0, 0.1) is 6.92 Å². The van der Waals surface area contributed by atoms with Crippen LogP contribution in [-0.4, -0.2) is 18.0 Å². The minimum atomic E-state index is -1.29. The smallest absolute Gasteiger partial charge is 0.198 e. The average Bonchev–Trinajstić information content (AvgIpc) is 2.59. The van der Waals surface area contributed by atoms with Crippen molar-refractivity contribution in [3.8, 4) is 0 Å². The highest BCUT2D eigenvalue weighted by atomic mass is 16.4.